The van der Waals surface area contributed by atoms with Crippen molar-refractivity contribution in [3.8, 4) is 0 Å². The molecule has 1 amide bonds. The van der Waals surface area contributed by atoms with Crippen LogP contribution in [0.15, 0.2) is 48.5 Å². The van der Waals surface area contributed by atoms with Gasteiger partial charge in [-0.05, 0) is 35.7 Å². The van der Waals surface area contributed by atoms with E-state index in [-0.39, 0.29) is 12.3 Å². The van der Waals surface area contributed by atoms with E-state index < -0.39 is 11.7 Å². The molecule has 140 valence electrons. The van der Waals surface area contributed by atoms with Crippen LogP contribution in [0.3, 0.4) is 0 Å². The largest absolute Gasteiger partial charge is 0.416 e. The minimum absolute atomic E-state index is 0.0873. The Kier molecular flexibility index (Phi) is 6.29. The second-order valence-corrected chi connectivity index (χ2v) is 6.46. The molecule has 2 rings (SSSR count). The van der Waals surface area contributed by atoms with Crippen LogP contribution in [0.25, 0.3) is 0 Å². The first kappa shape index (κ1) is 19.8. The van der Waals surface area contributed by atoms with Crippen LogP contribution in [0.1, 0.15) is 16.7 Å². The second-order valence-electron chi connectivity index (χ2n) is 6.46. The molecule has 0 spiro atoms. The first-order valence-electron chi connectivity index (χ1n) is 8.34. The van der Waals surface area contributed by atoms with Crippen LogP contribution in [0.2, 0.25) is 0 Å². The maximum Gasteiger partial charge on any atom is 0.416 e. The molecule has 0 aliphatic heterocycles. The Hall–Kier alpha value is -2.50. The summed E-state index contributed by atoms with van der Waals surface area (Å²) in [7, 11) is 5.65. The zero-order valence-corrected chi connectivity index (χ0v) is 15.2. The van der Waals surface area contributed by atoms with E-state index in [1.165, 1.54) is 12.1 Å². The van der Waals surface area contributed by atoms with E-state index in [0.29, 0.717) is 18.5 Å². The smallest absolute Gasteiger partial charge is 0.377 e. The zero-order valence-electron chi connectivity index (χ0n) is 15.2. The van der Waals surface area contributed by atoms with Crippen LogP contribution in [0, 0.1) is 0 Å². The van der Waals surface area contributed by atoms with Crippen molar-refractivity contribution in [2.45, 2.75) is 19.0 Å². The van der Waals surface area contributed by atoms with Gasteiger partial charge in [-0.2, -0.15) is 13.2 Å². The van der Waals surface area contributed by atoms with Crippen molar-refractivity contribution in [3.63, 3.8) is 0 Å². The first-order valence-corrected chi connectivity index (χ1v) is 8.34. The summed E-state index contributed by atoms with van der Waals surface area (Å²) in [6.07, 6.45) is -3.56. The molecule has 0 fully saturated rings. The third-order valence-corrected chi connectivity index (χ3v) is 4.25. The molecule has 0 saturated heterocycles. The molecule has 6 heteroatoms. The highest BCUT2D eigenvalue weighted by atomic mass is 19.4. The molecule has 0 aliphatic rings. The van der Waals surface area contributed by atoms with Crippen molar-refractivity contribution < 1.29 is 18.0 Å². The number of nitrogens with zero attached hydrogens (tertiary/aromatic N) is 2. The highest BCUT2D eigenvalue weighted by Gasteiger charge is 2.30. The van der Waals surface area contributed by atoms with Crippen LogP contribution in [-0.4, -0.2) is 38.5 Å². The van der Waals surface area contributed by atoms with Crippen molar-refractivity contribution in [1.29, 1.82) is 0 Å². The molecular weight excluding hydrogens is 341 g/mol. The third kappa shape index (κ3) is 5.25. The molecule has 0 atom stereocenters. The lowest BCUT2D eigenvalue weighted by atomic mass is 10.1. The number of halogens is 3. The van der Waals surface area contributed by atoms with E-state index in [0.717, 1.165) is 23.4 Å². The lowest BCUT2D eigenvalue weighted by Gasteiger charge is -2.21. The summed E-state index contributed by atoms with van der Waals surface area (Å²) in [5.41, 5.74) is 2.12. The van der Waals surface area contributed by atoms with Gasteiger partial charge in [-0.25, -0.2) is 0 Å². The Morgan fingerprint density at radius 2 is 1.58 bits per heavy atom. The number of carbonyl (C=O) groups is 1. The number of likely N-dealkylation sites (N-methyl/N-ethyl adjacent to an activating group) is 1. The molecule has 3 nitrogen and oxygen atoms in total. The number of alkyl halides is 3. The van der Waals surface area contributed by atoms with Gasteiger partial charge in [0.2, 0.25) is 5.91 Å². The summed E-state index contributed by atoms with van der Waals surface area (Å²) in [6, 6.07) is 12.7. The van der Waals surface area contributed by atoms with Gasteiger partial charge in [0.1, 0.15) is 0 Å². The monoisotopic (exact) mass is 364 g/mol. The SMILES string of the molecule is CN(CCc1ccccc1N(C)C)C(=O)Cc1ccc(C(F)(F)F)cc1. The summed E-state index contributed by atoms with van der Waals surface area (Å²) in [5.74, 6) is -0.118. The number of hydrogen-bond acceptors (Lipinski definition) is 2. The molecule has 2 aromatic carbocycles. The standard InChI is InChI=1S/C20H23F3N2O/c1-24(2)18-7-5-4-6-16(18)12-13-25(3)19(26)14-15-8-10-17(11-9-15)20(21,22)23/h4-11H,12-14H2,1-3H3. The molecule has 0 N–H and O–H groups in total. The molecule has 0 saturated carbocycles. The quantitative estimate of drug-likeness (QED) is 0.773. The van der Waals surface area contributed by atoms with Gasteiger partial charge < -0.3 is 9.80 Å². The van der Waals surface area contributed by atoms with Crippen LogP contribution in [0.5, 0.6) is 0 Å². The molecular formula is C20H23F3N2O. The third-order valence-electron chi connectivity index (χ3n) is 4.25. The Balaban J connectivity index is 1.94. The van der Waals surface area contributed by atoms with E-state index in [4.69, 9.17) is 0 Å². The number of carbonyl (C=O) groups excluding carboxylic acids is 1. The minimum Gasteiger partial charge on any atom is -0.377 e. The molecule has 0 aliphatic carbocycles. The lowest BCUT2D eigenvalue weighted by molar-refractivity contribution is -0.137. The summed E-state index contributed by atoms with van der Waals surface area (Å²) in [5, 5.41) is 0. The summed E-state index contributed by atoms with van der Waals surface area (Å²) in [4.78, 5) is 16.0. The van der Waals surface area contributed by atoms with Crippen LogP contribution in [-0.2, 0) is 23.8 Å². The normalized spacial score (nSPS) is 11.3. The molecule has 2 aromatic rings. The van der Waals surface area contributed by atoms with Gasteiger partial charge in [0.05, 0.1) is 12.0 Å². The molecule has 0 bridgehead atoms. The zero-order chi connectivity index (χ0) is 19.3. The Bertz CT molecular complexity index is 739. The van der Waals surface area contributed by atoms with E-state index in [2.05, 4.69) is 0 Å². The molecule has 0 heterocycles. The highest BCUT2D eigenvalue weighted by molar-refractivity contribution is 5.78. The van der Waals surface area contributed by atoms with Gasteiger partial charge in [0, 0.05) is 33.4 Å². The van der Waals surface area contributed by atoms with Crippen molar-refractivity contribution in [2.24, 2.45) is 0 Å². The molecule has 0 radical (unpaired) electrons. The van der Waals surface area contributed by atoms with E-state index in [1.54, 1.807) is 11.9 Å². The van der Waals surface area contributed by atoms with Crippen LogP contribution >= 0.6 is 0 Å². The fourth-order valence-corrected chi connectivity index (χ4v) is 2.69. The first-order chi connectivity index (χ1) is 12.2. The number of anilines is 1. The van der Waals surface area contributed by atoms with Crippen molar-refractivity contribution in [2.75, 3.05) is 32.6 Å². The predicted molar refractivity (Wildman–Crippen MR) is 97.3 cm³/mol. The maximum absolute atomic E-state index is 12.6. The van der Waals surface area contributed by atoms with Gasteiger partial charge in [0.15, 0.2) is 0 Å². The van der Waals surface area contributed by atoms with E-state index in [9.17, 15) is 18.0 Å². The van der Waals surface area contributed by atoms with Gasteiger partial charge >= 0.3 is 6.18 Å². The number of hydrogen-bond donors (Lipinski definition) is 0. The molecule has 26 heavy (non-hydrogen) atoms. The Labute approximate surface area is 152 Å². The Morgan fingerprint density at radius 1 is 0.962 bits per heavy atom. The van der Waals surface area contributed by atoms with Crippen molar-refractivity contribution >= 4 is 11.6 Å². The molecule has 0 aromatic heterocycles. The minimum atomic E-state index is -4.36. The van der Waals surface area contributed by atoms with Crippen LogP contribution < -0.4 is 4.90 Å². The van der Waals surface area contributed by atoms with Gasteiger partial charge in [-0.1, -0.05) is 30.3 Å². The topological polar surface area (TPSA) is 23.6 Å². The van der Waals surface area contributed by atoms with E-state index in [1.807, 2.05) is 43.3 Å². The highest BCUT2D eigenvalue weighted by Crippen LogP contribution is 2.29. The number of amides is 1. The Morgan fingerprint density at radius 3 is 2.15 bits per heavy atom. The second kappa shape index (κ2) is 8.25. The molecule has 0 unspecified atom stereocenters. The maximum atomic E-state index is 12.6. The van der Waals surface area contributed by atoms with Crippen molar-refractivity contribution in [1.82, 2.24) is 4.90 Å². The van der Waals surface area contributed by atoms with E-state index >= 15 is 0 Å². The fraction of sp³-hybridized carbons (Fsp3) is 0.350. The average Bonchev–Trinajstić information content (AvgIpc) is 2.59. The number of para-hydroxylation sites is 1. The summed E-state index contributed by atoms with van der Waals surface area (Å²) < 4.78 is 37.7. The van der Waals surface area contributed by atoms with Gasteiger partial charge in [0.25, 0.3) is 0 Å². The average molecular weight is 364 g/mol. The van der Waals surface area contributed by atoms with Crippen molar-refractivity contribution in [3.05, 3.63) is 65.2 Å². The lowest BCUT2D eigenvalue weighted by Crippen LogP contribution is -2.30. The van der Waals surface area contributed by atoms with Gasteiger partial charge in [-0.3, -0.25) is 4.79 Å². The number of rotatable bonds is 6. The predicted octanol–water partition coefficient (Wildman–Crippen LogP) is 4.02. The summed E-state index contributed by atoms with van der Waals surface area (Å²) >= 11 is 0. The fourth-order valence-electron chi connectivity index (χ4n) is 2.69. The van der Waals surface area contributed by atoms with Gasteiger partial charge in [-0.15, -0.1) is 0 Å². The number of benzene rings is 2. The summed E-state index contributed by atoms with van der Waals surface area (Å²) in [6.45, 7) is 0.546. The van der Waals surface area contributed by atoms with Crippen LogP contribution in [0.4, 0.5) is 18.9 Å².